The van der Waals surface area contributed by atoms with Crippen LogP contribution in [0.4, 0.5) is 4.79 Å². The van der Waals surface area contributed by atoms with E-state index in [1.807, 2.05) is 30.3 Å². The second kappa shape index (κ2) is 8.03. The summed E-state index contributed by atoms with van der Waals surface area (Å²) in [6.07, 6.45) is 0. The van der Waals surface area contributed by atoms with Gasteiger partial charge in [-0.2, -0.15) is 0 Å². The highest BCUT2D eigenvalue weighted by Crippen LogP contribution is 2.37. The maximum absolute atomic E-state index is 12.9. The highest BCUT2D eigenvalue weighted by atomic mass is 35.5. The Balaban J connectivity index is 1.95. The summed E-state index contributed by atoms with van der Waals surface area (Å²) in [4.78, 5) is 26.5. The van der Waals surface area contributed by atoms with E-state index in [0.29, 0.717) is 21.9 Å². The van der Waals surface area contributed by atoms with Crippen molar-refractivity contribution in [2.24, 2.45) is 0 Å². The first-order chi connectivity index (χ1) is 12.9. The number of nitrogens with one attached hydrogen (secondary N) is 1. The number of carbonyl (C=O) groups excluding carboxylic acids is 2. The van der Waals surface area contributed by atoms with E-state index in [0.717, 1.165) is 5.56 Å². The lowest BCUT2D eigenvalue weighted by molar-refractivity contribution is -0.141. The molecule has 0 bridgehead atoms. The van der Waals surface area contributed by atoms with Crippen LogP contribution in [0, 0.1) is 0 Å². The minimum absolute atomic E-state index is 0.129. The molecule has 1 unspecified atom stereocenters. The zero-order chi connectivity index (χ0) is 19.6. The van der Waals surface area contributed by atoms with E-state index in [2.05, 4.69) is 5.32 Å². The molecule has 1 N–H and O–H groups in total. The van der Waals surface area contributed by atoms with Gasteiger partial charge in [0.2, 0.25) is 0 Å². The van der Waals surface area contributed by atoms with Gasteiger partial charge in [0.05, 0.1) is 21.7 Å². The number of hydrogen-bond donors (Lipinski definition) is 1. The van der Waals surface area contributed by atoms with Crippen LogP contribution in [-0.4, -0.2) is 23.9 Å². The lowest BCUT2D eigenvalue weighted by Crippen LogP contribution is -2.46. The number of hydrogen-bond acceptors (Lipinski definition) is 3. The SMILES string of the molecule is CC1=C(C(=O)OCc2ccccc2)C(c2cccc(Cl)c2Cl)NC(=O)N1C. The van der Waals surface area contributed by atoms with Crippen LogP contribution >= 0.6 is 23.2 Å². The van der Waals surface area contributed by atoms with E-state index < -0.39 is 12.0 Å². The van der Waals surface area contributed by atoms with E-state index in [1.54, 1.807) is 32.2 Å². The second-order valence-corrected chi connectivity index (χ2v) is 6.93. The van der Waals surface area contributed by atoms with Crippen LogP contribution < -0.4 is 5.32 Å². The summed E-state index contributed by atoms with van der Waals surface area (Å²) >= 11 is 12.4. The normalized spacial score (nSPS) is 17.0. The average molecular weight is 405 g/mol. The smallest absolute Gasteiger partial charge is 0.338 e. The number of amides is 2. The van der Waals surface area contributed by atoms with Gasteiger partial charge in [-0.25, -0.2) is 9.59 Å². The molecule has 0 saturated heterocycles. The van der Waals surface area contributed by atoms with Crippen molar-refractivity contribution in [2.75, 3.05) is 7.05 Å². The Kier molecular flexibility index (Phi) is 5.73. The number of urea groups is 1. The summed E-state index contributed by atoms with van der Waals surface area (Å²) in [6, 6.07) is 13.4. The Morgan fingerprint density at radius 2 is 1.85 bits per heavy atom. The molecule has 140 valence electrons. The number of rotatable bonds is 4. The van der Waals surface area contributed by atoms with Gasteiger partial charge in [0.25, 0.3) is 0 Å². The van der Waals surface area contributed by atoms with Gasteiger partial charge in [-0.05, 0) is 24.1 Å². The lowest BCUT2D eigenvalue weighted by Gasteiger charge is -2.33. The van der Waals surface area contributed by atoms with Crippen LogP contribution in [-0.2, 0) is 16.1 Å². The molecule has 0 aromatic heterocycles. The zero-order valence-corrected chi connectivity index (χ0v) is 16.3. The van der Waals surface area contributed by atoms with Crippen molar-refractivity contribution in [3.05, 3.63) is 81.0 Å². The highest BCUT2D eigenvalue weighted by molar-refractivity contribution is 6.42. The van der Waals surface area contributed by atoms with Gasteiger partial charge in [0.15, 0.2) is 0 Å². The predicted octanol–water partition coefficient (Wildman–Crippen LogP) is 4.71. The third kappa shape index (κ3) is 3.94. The van der Waals surface area contributed by atoms with Gasteiger partial charge in [-0.1, -0.05) is 65.7 Å². The predicted molar refractivity (Wildman–Crippen MR) is 104 cm³/mol. The summed E-state index contributed by atoms with van der Waals surface area (Å²) in [6.45, 7) is 1.83. The van der Waals surface area contributed by atoms with E-state index in [4.69, 9.17) is 27.9 Å². The monoisotopic (exact) mass is 404 g/mol. The van der Waals surface area contributed by atoms with Crippen molar-refractivity contribution in [2.45, 2.75) is 19.6 Å². The van der Waals surface area contributed by atoms with E-state index >= 15 is 0 Å². The summed E-state index contributed by atoms with van der Waals surface area (Å²) in [7, 11) is 1.59. The minimum Gasteiger partial charge on any atom is -0.457 e. The molecule has 3 rings (SSSR count). The van der Waals surface area contributed by atoms with E-state index in [-0.39, 0.29) is 17.7 Å². The molecule has 5 nitrogen and oxygen atoms in total. The fraction of sp³-hybridized carbons (Fsp3) is 0.200. The Hall–Kier alpha value is -2.50. The summed E-state index contributed by atoms with van der Waals surface area (Å²) in [5.41, 5.74) is 2.22. The van der Waals surface area contributed by atoms with Crippen molar-refractivity contribution in [3.63, 3.8) is 0 Å². The summed E-state index contributed by atoms with van der Waals surface area (Å²) in [5, 5.41) is 3.43. The Morgan fingerprint density at radius 3 is 2.56 bits per heavy atom. The number of nitrogens with zero attached hydrogens (tertiary/aromatic N) is 1. The van der Waals surface area contributed by atoms with Crippen LogP contribution in [0.1, 0.15) is 24.1 Å². The molecule has 1 aliphatic heterocycles. The molecule has 2 aromatic carbocycles. The van der Waals surface area contributed by atoms with Crippen LogP contribution in [0.25, 0.3) is 0 Å². The molecule has 0 fully saturated rings. The fourth-order valence-electron chi connectivity index (χ4n) is 2.88. The van der Waals surface area contributed by atoms with Gasteiger partial charge >= 0.3 is 12.0 Å². The average Bonchev–Trinajstić information content (AvgIpc) is 2.67. The lowest BCUT2D eigenvalue weighted by atomic mass is 9.95. The molecule has 2 amide bonds. The number of ether oxygens (including phenoxy) is 1. The number of benzene rings is 2. The number of allylic oxidation sites excluding steroid dienone is 1. The topological polar surface area (TPSA) is 58.6 Å². The molecule has 1 aliphatic rings. The van der Waals surface area contributed by atoms with Crippen molar-refractivity contribution in [1.82, 2.24) is 10.2 Å². The van der Waals surface area contributed by atoms with Gasteiger partial charge in [0.1, 0.15) is 6.61 Å². The standard InChI is InChI=1S/C20H18Cl2N2O3/c1-12-16(19(25)27-11-13-7-4-3-5-8-13)18(23-20(26)24(12)2)14-9-6-10-15(21)17(14)22/h3-10,18H,11H2,1-2H3,(H,23,26). The van der Waals surface area contributed by atoms with Gasteiger partial charge in [-0.3, -0.25) is 0 Å². The van der Waals surface area contributed by atoms with Crippen LogP contribution in [0.3, 0.4) is 0 Å². The third-order valence-corrected chi connectivity index (χ3v) is 5.31. The minimum atomic E-state index is -0.747. The Morgan fingerprint density at radius 1 is 1.15 bits per heavy atom. The number of halogens is 2. The van der Waals surface area contributed by atoms with E-state index in [9.17, 15) is 9.59 Å². The van der Waals surface area contributed by atoms with Crippen molar-refractivity contribution >= 4 is 35.2 Å². The van der Waals surface area contributed by atoms with E-state index in [1.165, 1.54) is 4.90 Å². The first-order valence-corrected chi connectivity index (χ1v) is 9.05. The molecule has 2 aromatic rings. The third-order valence-electron chi connectivity index (χ3n) is 4.48. The highest BCUT2D eigenvalue weighted by Gasteiger charge is 2.36. The largest absolute Gasteiger partial charge is 0.457 e. The molecule has 1 atom stereocenters. The number of carbonyl (C=O) groups is 2. The molecule has 27 heavy (non-hydrogen) atoms. The Bertz CT molecular complexity index is 913. The second-order valence-electron chi connectivity index (χ2n) is 6.15. The van der Waals surface area contributed by atoms with Gasteiger partial charge < -0.3 is 15.0 Å². The maximum atomic E-state index is 12.9. The molecule has 0 spiro atoms. The molecule has 1 heterocycles. The summed E-state index contributed by atoms with van der Waals surface area (Å²) < 4.78 is 5.49. The number of esters is 1. The Labute approximate surface area is 167 Å². The van der Waals surface area contributed by atoms with Crippen molar-refractivity contribution in [1.29, 1.82) is 0 Å². The maximum Gasteiger partial charge on any atom is 0.338 e. The van der Waals surface area contributed by atoms with Crippen LogP contribution in [0.5, 0.6) is 0 Å². The van der Waals surface area contributed by atoms with Crippen LogP contribution in [0.15, 0.2) is 59.8 Å². The molecule has 7 heteroatoms. The molecule has 0 saturated carbocycles. The molecule has 0 radical (unpaired) electrons. The summed E-state index contributed by atoms with van der Waals surface area (Å²) in [5.74, 6) is -0.524. The fourth-order valence-corrected chi connectivity index (χ4v) is 3.29. The molecular formula is C20H18Cl2N2O3. The van der Waals surface area contributed by atoms with Gasteiger partial charge in [0, 0.05) is 12.7 Å². The first-order valence-electron chi connectivity index (χ1n) is 8.30. The quantitative estimate of drug-likeness (QED) is 0.750. The van der Waals surface area contributed by atoms with Crippen molar-refractivity contribution in [3.8, 4) is 0 Å². The zero-order valence-electron chi connectivity index (χ0n) is 14.8. The first kappa shape index (κ1) is 19.3. The molecular weight excluding hydrogens is 387 g/mol. The van der Waals surface area contributed by atoms with Crippen molar-refractivity contribution < 1.29 is 14.3 Å². The van der Waals surface area contributed by atoms with Gasteiger partial charge in [-0.15, -0.1) is 0 Å². The molecule has 0 aliphatic carbocycles. The van der Waals surface area contributed by atoms with Crippen LogP contribution in [0.2, 0.25) is 10.0 Å².